The third-order valence-electron chi connectivity index (χ3n) is 6.31. The zero-order chi connectivity index (χ0) is 20.8. The van der Waals surface area contributed by atoms with Crippen LogP contribution in [0.5, 0.6) is 0 Å². The van der Waals surface area contributed by atoms with Gasteiger partial charge in [-0.2, -0.15) is 0 Å². The normalized spacial score (nSPS) is 21.9. The van der Waals surface area contributed by atoms with Gasteiger partial charge in [-0.05, 0) is 63.5 Å². The van der Waals surface area contributed by atoms with E-state index < -0.39 is 11.0 Å². The third kappa shape index (κ3) is 3.92. The predicted molar refractivity (Wildman–Crippen MR) is 122 cm³/mol. The van der Waals surface area contributed by atoms with Crippen molar-refractivity contribution in [2.24, 2.45) is 5.41 Å². The van der Waals surface area contributed by atoms with Gasteiger partial charge in [0.1, 0.15) is 10.5 Å². The summed E-state index contributed by atoms with van der Waals surface area (Å²) >= 11 is 5.19. The van der Waals surface area contributed by atoms with Crippen LogP contribution in [0.25, 0.3) is 0 Å². The Morgan fingerprint density at radius 2 is 1.97 bits per heavy atom. The Hall–Kier alpha value is -1.57. The molecule has 2 N–H and O–H groups in total. The Morgan fingerprint density at radius 3 is 2.62 bits per heavy atom. The van der Waals surface area contributed by atoms with Gasteiger partial charge in [-0.3, -0.25) is 0 Å². The average molecular weight is 431 g/mol. The molecule has 7 heteroatoms. The van der Waals surface area contributed by atoms with Gasteiger partial charge in [0.15, 0.2) is 0 Å². The minimum absolute atomic E-state index is 0.0939. The molecule has 1 aromatic carbocycles. The number of hydrogen-bond donors (Lipinski definition) is 2. The summed E-state index contributed by atoms with van der Waals surface area (Å²) in [6.07, 6.45) is 4.85. The van der Waals surface area contributed by atoms with Gasteiger partial charge in [0.25, 0.3) is 0 Å². The van der Waals surface area contributed by atoms with Crippen molar-refractivity contribution in [2.75, 3.05) is 18.0 Å². The van der Waals surface area contributed by atoms with Gasteiger partial charge in [0.05, 0.1) is 33.7 Å². The number of aromatic nitrogens is 2. The van der Waals surface area contributed by atoms with Crippen molar-refractivity contribution in [1.82, 2.24) is 14.7 Å². The molecule has 0 saturated carbocycles. The SMILES string of the molecule is Cc1[nH]c(=S)cnc1N1CCC2(CC1)Cc1ccccc1[C@H]2NS(=O)C(C)(C)C. The lowest BCUT2D eigenvalue weighted by atomic mass is 9.73. The highest BCUT2D eigenvalue weighted by Crippen LogP contribution is 2.52. The Labute approximate surface area is 180 Å². The second-order valence-electron chi connectivity index (χ2n) is 9.35. The molecular weight excluding hydrogens is 400 g/mol. The average Bonchev–Trinajstić information content (AvgIpc) is 2.95. The lowest BCUT2D eigenvalue weighted by molar-refractivity contribution is 0.177. The number of nitrogens with one attached hydrogen (secondary N) is 2. The summed E-state index contributed by atoms with van der Waals surface area (Å²) in [6, 6.07) is 8.77. The highest BCUT2D eigenvalue weighted by Gasteiger charge is 2.48. The quantitative estimate of drug-likeness (QED) is 0.709. The molecule has 2 aromatic rings. The summed E-state index contributed by atoms with van der Waals surface area (Å²) in [6.45, 7) is 9.99. The molecule has 4 rings (SSSR count). The monoisotopic (exact) mass is 430 g/mol. The fourth-order valence-electron chi connectivity index (χ4n) is 4.70. The van der Waals surface area contributed by atoms with Crippen molar-refractivity contribution < 1.29 is 4.21 Å². The largest absolute Gasteiger partial charge is 0.355 e. The molecule has 2 heterocycles. The zero-order valence-corrected chi connectivity index (χ0v) is 19.3. The van der Waals surface area contributed by atoms with Gasteiger partial charge in [0.2, 0.25) is 0 Å². The molecule has 1 fully saturated rings. The van der Waals surface area contributed by atoms with Crippen LogP contribution in [0.3, 0.4) is 0 Å². The van der Waals surface area contributed by atoms with Crippen molar-refractivity contribution in [2.45, 2.75) is 57.7 Å². The number of H-pyrrole nitrogens is 1. The lowest BCUT2D eigenvalue weighted by Crippen LogP contribution is -2.48. The molecule has 5 nitrogen and oxygen atoms in total. The number of piperidine rings is 1. The molecule has 0 radical (unpaired) electrons. The maximum atomic E-state index is 13.0. The number of fused-ring (bicyclic) bond motifs is 1. The van der Waals surface area contributed by atoms with Crippen LogP contribution in [0.15, 0.2) is 30.5 Å². The molecule has 1 aliphatic carbocycles. The number of aromatic amines is 1. The third-order valence-corrected chi connectivity index (χ3v) is 8.08. The predicted octanol–water partition coefficient (Wildman–Crippen LogP) is 4.38. The molecule has 29 heavy (non-hydrogen) atoms. The van der Waals surface area contributed by atoms with E-state index in [1.165, 1.54) is 11.1 Å². The first kappa shape index (κ1) is 20.7. The molecule has 1 aliphatic heterocycles. The van der Waals surface area contributed by atoms with Crippen molar-refractivity contribution in [3.05, 3.63) is 51.9 Å². The minimum Gasteiger partial charge on any atom is -0.355 e. The molecule has 1 aromatic heterocycles. The Balaban J connectivity index is 1.60. The second-order valence-corrected chi connectivity index (χ2v) is 11.8. The highest BCUT2D eigenvalue weighted by molar-refractivity contribution is 7.84. The van der Waals surface area contributed by atoms with Crippen LogP contribution in [-0.4, -0.2) is 32.0 Å². The molecule has 1 unspecified atom stereocenters. The van der Waals surface area contributed by atoms with E-state index in [2.05, 4.69) is 43.9 Å². The summed E-state index contributed by atoms with van der Waals surface area (Å²) in [7, 11) is -1.11. The zero-order valence-electron chi connectivity index (χ0n) is 17.6. The molecule has 1 saturated heterocycles. The van der Waals surface area contributed by atoms with Gasteiger partial charge in [-0.15, -0.1) is 0 Å². The first-order valence-corrected chi connectivity index (χ1v) is 11.8. The smallest absolute Gasteiger partial charge is 0.147 e. The summed E-state index contributed by atoms with van der Waals surface area (Å²) in [5.41, 5.74) is 3.82. The number of aryl methyl sites for hydroxylation is 1. The van der Waals surface area contributed by atoms with Gasteiger partial charge in [-0.1, -0.05) is 36.5 Å². The maximum absolute atomic E-state index is 13.0. The fraction of sp³-hybridized carbons (Fsp3) is 0.545. The molecule has 1 spiro atoms. The van der Waals surface area contributed by atoms with E-state index in [4.69, 9.17) is 12.2 Å². The molecule has 2 atom stereocenters. The van der Waals surface area contributed by atoms with Crippen LogP contribution in [0.1, 0.15) is 56.5 Å². The van der Waals surface area contributed by atoms with E-state index in [1.807, 2.05) is 27.7 Å². The Kier molecular flexibility index (Phi) is 5.42. The van der Waals surface area contributed by atoms with Gasteiger partial charge in [0, 0.05) is 13.1 Å². The second kappa shape index (κ2) is 7.60. The van der Waals surface area contributed by atoms with Crippen LogP contribution in [-0.2, 0) is 17.4 Å². The summed E-state index contributed by atoms with van der Waals surface area (Å²) in [5.74, 6) is 0.992. The van der Waals surface area contributed by atoms with Crippen molar-refractivity contribution in [3.8, 4) is 0 Å². The standard InChI is InChI=1S/C22H30N4OS2/c1-15-20(23-14-18(28)24-15)26-11-9-22(10-12-26)13-16-7-5-6-8-17(16)19(22)25-29(27)21(2,3)4/h5-8,14,19,25H,9-13H2,1-4H3,(H,24,28)/t19-,29?/m1/s1. The van der Waals surface area contributed by atoms with Crippen LogP contribution in [0.2, 0.25) is 0 Å². The number of nitrogens with zero attached hydrogens (tertiary/aromatic N) is 2. The van der Waals surface area contributed by atoms with Gasteiger partial charge >= 0.3 is 0 Å². The van der Waals surface area contributed by atoms with Crippen molar-refractivity contribution in [1.29, 1.82) is 0 Å². The number of benzene rings is 1. The van der Waals surface area contributed by atoms with Crippen LogP contribution >= 0.6 is 12.2 Å². The van der Waals surface area contributed by atoms with E-state index in [0.717, 1.165) is 43.9 Å². The van der Waals surface area contributed by atoms with Crippen molar-refractivity contribution in [3.63, 3.8) is 0 Å². The number of rotatable bonds is 3. The molecule has 156 valence electrons. The van der Waals surface area contributed by atoms with Gasteiger partial charge < -0.3 is 9.88 Å². The van der Waals surface area contributed by atoms with E-state index in [9.17, 15) is 4.21 Å². The highest BCUT2D eigenvalue weighted by atomic mass is 32.2. The topological polar surface area (TPSA) is 61.0 Å². The van der Waals surface area contributed by atoms with Crippen LogP contribution < -0.4 is 9.62 Å². The minimum atomic E-state index is -1.11. The summed E-state index contributed by atoms with van der Waals surface area (Å²) in [5, 5.41) is 0. The van der Waals surface area contributed by atoms with Crippen molar-refractivity contribution >= 4 is 29.0 Å². The van der Waals surface area contributed by atoms with Gasteiger partial charge in [-0.25, -0.2) is 13.9 Å². The van der Waals surface area contributed by atoms with Crippen LogP contribution in [0.4, 0.5) is 5.82 Å². The molecule has 0 amide bonds. The first-order valence-electron chi connectivity index (χ1n) is 10.3. The first-order chi connectivity index (χ1) is 13.7. The van der Waals surface area contributed by atoms with E-state index in [0.29, 0.717) is 4.64 Å². The molecular formula is C22H30N4OS2. The number of anilines is 1. The lowest BCUT2D eigenvalue weighted by Gasteiger charge is -2.44. The maximum Gasteiger partial charge on any atom is 0.147 e. The molecule has 2 aliphatic rings. The summed E-state index contributed by atoms with van der Waals surface area (Å²) in [4.78, 5) is 10.2. The van der Waals surface area contributed by atoms with E-state index in [-0.39, 0.29) is 16.2 Å². The van der Waals surface area contributed by atoms with E-state index >= 15 is 0 Å². The Morgan fingerprint density at radius 1 is 1.28 bits per heavy atom. The number of hydrogen-bond acceptors (Lipinski definition) is 4. The molecule has 0 bridgehead atoms. The Bertz CT molecular complexity index is 987. The fourth-order valence-corrected chi connectivity index (χ4v) is 5.85. The summed E-state index contributed by atoms with van der Waals surface area (Å²) < 4.78 is 16.9. The van der Waals surface area contributed by atoms with Crippen LogP contribution in [0, 0.1) is 17.0 Å². The van der Waals surface area contributed by atoms with E-state index in [1.54, 1.807) is 6.20 Å².